The number of benzene rings is 11. The maximum absolute atomic E-state index is 7.23. The van der Waals surface area contributed by atoms with Crippen LogP contribution in [0.2, 0.25) is 0 Å². The van der Waals surface area contributed by atoms with Crippen molar-refractivity contribution in [2.75, 3.05) is 9.80 Å². The highest BCUT2D eigenvalue weighted by atomic mass is 16.3. The first-order valence-corrected chi connectivity index (χ1v) is 24.3. The van der Waals surface area contributed by atoms with Crippen LogP contribution in [0.3, 0.4) is 0 Å². The average Bonchev–Trinajstić information content (AvgIpc) is 4.08. The highest BCUT2D eigenvalue weighted by Gasteiger charge is 2.25. The summed E-state index contributed by atoms with van der Waals surface area (Å²) in [5.41, 5.74) is 18.3. The summed E-state index contributed by atoms with van der Waals surface area (Å²) in [6.07, 6.45) is 0. The molecule has 0 radical (unpaired) electrons. The van der Waals surface area contributed by atoms with Crippen LogP contribution in [0.1, 0.15) is 22.3 Å². The van der Waals surface area contributed by atoms with E-state index < -0.39 is 0 Å². The number of fused-ring (bicyclic) bond motifs is 12. The van der Waals surface area contributed by atoms with Gasteiger partial charge < -0.3 is 23.1 Å². The van der Waals surface area contributed by atoms with Gasteiger partial charge >= 0.3 is 0 Å². The third-order valence-electron chi connectivity index (χ3n) is 14.6. The second-order valence-corrected chi connectivity index (χ2v) is 19.1. The van der Waals surface area contributed by atoms with Crippen LogP contribution >= 0.6 is 0 Å². The molecule has 0 atom stereocenters. The molecule has 0 bridgehead atoms. The molecule has 11 aromatic carbocycles. The van der Waals surface area contributed by atoms with E-state index in [-0.39, 0.29) is 0 Å². The lowest BCUT2D eigenvalue weighted by Gasteiger charge is -2.29. The van der Waals surface area contributed by atoms with Crippen LogP contribution < -0.4 is 9.80 Å². The van der Waals surface area contributed by atoms with Gasteiger partial charge in [0.05, 0.1) is 11.4 Å². The highest BCUT2D eigenvalue weighted by Crippen LogP contribution is 2.49. The second-order valence-electron chi connectivity index (χ2n) is 19.1. The number of furan rings is 3. The van der Waals surface area contributed by atoms with E-state index in [1.165, 1.54) is 33.6 Å². The molecule has 0 aliphatic carbocycles. The van der Waals surface area contributed by atoms with Crippen LogP contribution in [0, 0.1) is 27.7 Å². The van der Waals surface area contributed by atoms with E-state index in [1.54, 1.807) is 0 Å². The Kier molecular flexibility index (Phi) is 9.08. The third kappa shape index (κ3) is 6.40. The average molecular weight is 915 g/mol. The smallest absolute Gasteiger partial charge is 0.144 e. The molecule has 0 fully saturated rings. The number of rotatable bonds is 7. The van der Waals surface area contributed by atoms with Crippen molar-refractivity contribution in [3.05, 3.63) is 229 Å². The van der Waals surface area contributed by atoms with Crippen LogP contribution in [-0.4, -0.2) is 0 Å². The molecule has 0 spiro atoms. The fraction of sp³-hybridized carbons (Fsp3) is 0.0606. The first kappa shape index (κ1) is 41.0. The van der Waals surface area contributed by atoms with E-state index in [2.05, 4.69) is 232 Å². The van der Waals surface area contributed by atoms with Gasteiger partial charge in [0.1, 0.15) is 33.5 Å². The predicted octanol–water partition coefficient (Wildman–Crippen LogP) is 19.5. The van der Waals surface area contributed by atoms with Crippen molar-refractivity contribution in [2.24, 2.45) is 0 Å². The van der Waals surface area contributed by atoms with Gasteiger partial charge in [0.15, 0.2) is 0 Å². The van der Waals surface area contributed by atoms with Gasteiger partial charge in [0.25, 0.3) is 0 Å². The number of hydrogen-bond acceptors (Lipinski definition) is 5. The van der Waals surface area contributed by atoms with Crippen LogP contribution in [0.5, 0.6) is 0 Å². The highest BCUT2D eigenvalue weighted by molar-refractivity contribution is 6.31. The Bertz CT molecular complexity index is 4420. The molecular formula is C66H46N2O3. The van der Waals surface area contributed by atoms with Gasteiger partial charge in [-0.1, -0.05) is 121 Å². The molecule has 0 amide bonds. The molecule has 0 aliphatic rings. The summed E-state index contributed by atoms with van der Waals surface area (Å²) in [7, 11) is 0. The van der Waals surface area contributed by atoms with Gasteiger partial charge in [0, 0.05) is 66.2 Å². The molecule has 3 heterocycles. The molecule has 71 heavy (non-hydrogen) atoms. The fourth-order valence-electron chi connectivity index (χ4n) is 11.4. The molecule has 3 aromatic heterocycles. The van der Waals surface area contributed by atoms with E-state index in [4.69, 9.17) is 13.3 Å². The van der Waals surface area contributed by atoms with Crippen molar-refractivity contribution in [3.8, 4) is 11.1 Å². The number of para-hydroxylation sites is 6. The van der Waals surface area contributed by atoms with Gasteiger partial charge in [-0.25, -0.2) is 0 Å². The zero-order valence-corrected chi connectivity index (χ0v) is 39.7. The molecule has 0 saturated carbocycles. The molecule has 14 rings (SSSR count). The minimum atomic E-state index is 0.790. The lowest BCUT2D eigenvalue weighted by atomic mass is 9.95. The number of anilines is 6. The standard InChI is InChI=1S/C66H46N2O3/c1-39-16-13-17-40(2)63(39)67(47-20-7-5-8-21-47)49-30-28-43-34-55-58(36-45(43)32-49)69-60-38-54(53-26-15-25-52-51-24-11-12-27-57(51)70-65(52)53)66-62(61(55)60)56-35-44-29-31-50(33-46(44)37-59(56)71-66)68(48-22-9-6-10-23-48)64-41(3)18-14-19-42(64)4/h5-38H,1-4H3. The molecule has 338 valence electrons. The van der Waals surface area contributed by atoms with Gasteiger partial charge in [-0.3, -0.25) is 0 Å². The summed E-state index contributed by atoms with van der Waals surface area (Å²) < 4.78 is 21.0. The fourth-order valence-corrected chi connectivity index (χ4v) is 11.4. The summed E-state index contributed by atoms with van der Waals surface area (Å²) in [4.78, 5) is 4.74. The van der Waals surface area contributed by atoms with Crippen molar-refractivity contribution in [3.63, 3.8) is 0 Å². The van der Waals surface area contributed by atoms with E-state index in [1.807, 2.05) is 12.1 Å². The Morgan fingerprint density at radius 3 is 1.37 bits per heavy atom. The maximum Gasteiger partial charge on any atom is 0.144 e. The van der Waals surface area contributed by atoms with Crippen molar-refractivity contribution in [2.45, 2.75) is 27.7 Å². The molecule has 5 nitrogen and oxygen atoms in total. The van der Waals surface area contributed by atoms with Crippen LogP contribution in [0.4, 0.5) is 34.1 Å². The SMILES string of the molecule is Cc1cccc(C)c1N(c1ccccc1)c1ccc2cc3c(cc2c1)oc1cc(-c2cccc4c2oc2ccccc24)c2oc4cc5cc(N(c6ccccc6)c6c(C)cccc6C)ccc5cc4c2c13. The molecular weight excluding hydrogens is 869 g/mol. The predicted molar refractivity (Wildman–Crippen MR) is 297 cm³/mol. The van der Waals surface area contributed by atoms with Crippen molar-refractivity contribution in [1.82, 2.24) is 0 Å². The molecule has 0 unspecified atom stereocenters. The van der Waals surface area contributed by atoms with E-state index >= 15 is 0 Å². The molecule has 14 aromatic rings. The minimum absolute atomic E-state index is 0.790. The number of aryl methyl sites for hydroxylation is 4. The summed E-state index contributed by atoms with van der Waals surface area (Å²) >= 11 is 0. The third-order valence-corrected chi connectivity index (χ3v) is 14.6. The van der Waals surface area contributed by atoms with Gasteiger partial charge in [-0.2, -0.15) is 0 Å². The van der Waals surface area contributed by atoms with Gasteiger partial charge in [-0.15, -0.1) is 0 Å². The molecule has 0 N–H and O–H groups in total. The van der Waals surface area contributed by atoms with E-state index in [0.717, 1.165) is 121 Å². The summed E-state index contributed by atoms with van der Waals surface area (Å²) in [5.74, 6) is 0. The Morgan fingerprint density at radius 1 is 0.282 bits per heavy atom. The topological polar surface area (TPSA) is 45.9 Å². The maximum atomic E-state index is 7.23. The largest absolute Gasteiger partial charge is 0.456 e. The van der Waals surface area contributed by atoms with Crippen LogP contribution in [-0.2, 0) is 0 Å². The number of hydrogen-bond donors (Lipinski definition) is 0. The lowest BCUT2D eigenvalue weighted by molar-refractivity contribution is 0.662. The van der Waals surface area contributed by atoms with Crippen molar-refractivity contribution >= 4 is 121 Å². The molecule has 5 heteroatoms. The Hall–Kier alpha value is -9.06. The normalized spacial score (nSPS) is 11.9. The monoisotopic (exact) mass is 914 g/mol. The van der Waals surface area contributed by atoms with Crippen LogP contribution in [0.15, 0.2) is 220 Å². The zero-order valence-electron chi connectivity index (χ0n) is 39.7. The van der Waals surface area contributed by atoms with Gasteiger partial charge in [0.2, 0.25) is 0 Å². The Labute approximate surface area is 410 Å². The van der Waals surface area contributed by atoms with Crippen LogP contribution in [0.25, 0.3) is 98.5 Å². The molecule has 0 aliphatic heterocycles. The van der Waals surface area contributed by atoms with Crippen molar-refractivity contribution < 1.29 is 13.3 Å². The van der Waals surface area contributed by atoms with E-state index in [0.29, 0.717) is 0 Å². The van der Waals surface area contributed by atoms with Gasteiger partial charge in [-0.05, 0) is 156 Å². The first-order valence-electron chi connectivity index (χ1n) is 24.3. The minimum Gasteiger partial charge on any atom is -0.456 e. The Morgan fingerprint density at radius 2 is 0.775 bits per heavy atom. The summed E-state index contributed by atoms with van der Waals surface area (Å²) in [6.45, 7) is 8.75. The summed E-state index contributed by atoms with van der Waals surface area (Å²) in [6, 6.07) is 73.7. The quantitative estimate of drug-likeness (QED) is 0.159. The van der Waals surface area contributed by atoms with E-state index in [9.17, 15) is 0 Å². The lowest BCUT2D eigenvalue weighted by Crippen LogP contribution is -2.12. The summed E-state index contributed by atoms with van der Waals surface area (Å²) in [5, 5.41) is 10.7. The number of nitrogens with zero attached hydrogens (tertiary/aromatic N) is 2. The Balaban J connectivity index is 1.01. The molecule has 0 saturated heterocycles. The first-order chi connectivity index (χ1) is 34.8. The van der Waals surface area contributed by atoms with Crippen molar-refractivity contribution in [1.29, 1.82) is 0 Å². The zero-order chi connectivity index (χ0) is 47.5. The second kappa shape index (κ2) is 15.7.